The molecule has 19 heavy (non-hydrogen) atoms. The number of nitrogens with two attached hydrogens (primary N) is 1. The fourth-order valence-corrected chi connectivity index (χ4v) is 2.35. The highest BCUT2D eigenvalue weighted by Gasteiger charge is 2.35. The molecule has 106 valence electrons. The van der Waals surface area contributed by atoms with Gasteiger partial charge in [-0.15, -0.1) is 12.4 Å². The van der Waals surface area contributed by atoms with Gasteiger partial charge in [0.1, 0.15) is 5.54 Å². The number of carbonyl (C=O) groups excluding carboxylic acids is 1. The number of hydrogen-bond acceptors (Lipinski definition) is 2. The van der Waals surface area contributed by atoms with E-state index in [9.17, 15) is 4.79 Å². The van der Waals surface area contributed by atoms with Crippen molar-refractivity contribution in [3.05, 3.63) is 35.9 Å². The number of halogens is 1. The molecule has 2 rings (SSSR count). The molecule has 0 heterocycles. The van der Waals surface area contributed by atoms with Crippen molar-refractivity contribution in [1.82, 2.24) is 5.32 Å². The Morgan fingerprint density at radius 1 is 1.37 bits per heavy atom. The molecule has 4 heteroatoms. The highest BCUT2D eigenvalue weighted by molar-refractivity contribution is 5.87. The quantitative estimate of drug-likeness (QED) is 0.892. The van der Waals surface area contributed by atoms with Gasteiger partial charge >= 0.3 is 0 Å². The maximum absolute atomic E-state index is 12.2. The van der Waals surface area contributed by atoms with Crippen LogP contribution in [0.2, 0.25) is 0 Å². The van der Waals surface area contributed by atoms with Gasteiger partial charge in [0.15, 0.2) is 0 Å². The summed E-state index contributed by atoms with van der Waals surface area (Å²) in [4.78, 5) is 12.2. The van der Waals surface area contributed by atoms with Gasteiger partial charge in [0.05, 0.1) is 0 Å². The topological polar surface area (TPSA) is 55.1 Å². The van der Waals surface area contributed by atoms with Crippen molar-refractivity contribution in [3.8, 4) is 0 Å². The van der Waals surface area contributed by atoms with Gasteiger partial charge in [-0.25, -0.2) is 0 Å². The molecule has 0 aliphatic heterocycles. The lowest BCUT2D eigenvalue weighted by atomic mass is 9.70. The lowest BCUT2D eigenvalue weighted by Crippen LogP contribution is -2.52. The lowest BCUT2D eigenvalue weighted by Gasteiger charge is -2.39. The van der Waals surface area contributed by atoms with Gasteiger partial charge < -0.3 is 11.1 Å². The molecule has 1 aliphatic rings. The lowest BCUT2D eigenvalue weighted by molar-refractivity contribution is -0.126. The average molecular weight is 283 g/mol. The molecule has 3 N–H and O–H groups in total. The van der Waals surface area contributed by atoms with Crippen molar-refractivity contribution in [2.24, 2.45) is 11.1 Å². The van der Waals surface area contributed by atoms with Crippen molar-refractivity contribution < 1.29 is 4.79 Å². The predicted octanol–water partition coefficient (Wildman–Crippen LogP) is 2.59. The SMILES string of the molecule is CC1(CNC(=O)C(C)(N)c2ccccc2)CCC1.Cl. The van der Waals surface area contributed by atoms with Crippen LogP contribution in [0, 0.1) is 5.41 Å². The Hall–Kier alpha value is -1.06. The standard InChI is InChI=1S/C15H22N2O.ClH/c1-14(9-6-10-14)11-17-13(18)15(2,16)12-7-4-3-5-8-12;/h3-5,7-8H,6,9-11,16H2,1-2H3,(H,17,18);1H. The third-order valence-electron chi connectivity index (χ3n) is 4.08. The number of nitrogens with one attached hydrogen (secondary N) is 1. The Balaban J connectivity index is 0.00000180. The van der Waals surface area contributed by atoms with Crippen molar-refractivity contribution >= 4 is 18.3 Å². The van der Waals surface area contributed by atoms with E-state index in [1.165, 1.54) is 19.3 Å². The largest absolute Gasteiger partial charge is 0.354 e. The van der Waals surface area contributed by atoms with Crippen molar-refractivity contribution in [3.63, 3.8) is 0 Å². The number of rotatable bonds is 4. The molecule has 0 aromatic heterocycles. The van der Waals surface area contributed by atoms with Crippen LogP contribution in [0.4, 0.5) is 0 Å². The zero-order valence-corrected chi connectivity index (χ0v) is 12.4. The second kappa shape index (κ2) is 5.93. The monoisotopic (exact) mass is 282 g/mol. The minimum absolute atomic E-state index is 0. The van der Waals surface area contributed by atoms with Crippen LogP contribution in [0.15, 0.2) is 30.3 Å². The van der Waals surface area contributed by atoms with Gasteiger partial charge in [-0.2, -0.15) is 0 Å². The van der Waals surface area contributed by atoms with Gasteiger partial charge in [0, 0.05) is 6.54 Å². The first-order chi connectivity index (χ1) is 8.44. The van der Waals surface area contributed by atoms with E-state index in [2.05, 4.69) is 12.2 Å². The summed E-state index contributed by atoms with van der Waals surface area (Å²) >= 11 is 0. The van der Waals surface area contributed by atoms with Crippen molar-refractivity contribution in [1.29, 1.82) is 0 Å². The Kier molecular flexibility index (Phi) is 4.99. The van der Waals surface area contributed by atoms with Crippen molar-refractivity contribution in [2.75, 3.05) is 6.54 Å². The summed E-state index contributed by atoms with van der Waals surface area (Å²) < 4.78 is 0. The molecular formula is C15H23ClN2O. The van der Waals surface area contributed by atoms with E-state index < -0.39 is 5.54 Å². The molecule has 3 nitrogen and oxygen atoms in total. The van der Waals surface area contributed by atoms with Gasteiger partial charge in [-0.1, -0.05) is 43.7 Å². The summed E-state index contributed by atoms with van der Waals surface area (Å²) in [5.74, 6) is -0.0955. The predicted molar refractivity (Wildman–Crippen MR) is 80.2 cm³/mol. The van der Waals surface area contributed by atoms with Crippen LogP contribution in [0.5, 0.6) is 0 Å². The van der Waals surface area contributed by atoms with Gasteiger partial charge in [-0.3, -0.25) is 4.79 Å². The van der Waals surface area contributed by atoms with Crippen LogP contribution in [-0.2, 0) is 10.3 Å². The molecule has 1 aliphatic carbocycles. The second-order valence-corrected chi connectivity index (χ2v) is 5.92. The summed E-state index contributed by atoms with van der Waals surface area (Å²) in [6.45, 7) is 4.71. The highest BCUT2D eigenvalue weighted by Crippen LogP contribution is 2.39. The molecule has 1 fully saturated rings. The Morgan fingerprint density at radius 2 is 1.95 bits per heavy atom. The number of benzene rings is 1. The van der Waals surface area contributed by atoms with E-state index in [1.54, 1.807) is 6.92 Å². The summed E-state index contributed by atoms with van der Waals surface area (Å²) in [6, 6.07) is 9.52. The van der Waals surface area contributed by atoms with Crippen molar-refractivity contribution in [2.45, 2.75) is 38.6 Å². The third kappa shape index (κ3) is 3.48. The van der Waals surface area contributed by atoms with E-state index in [4.69, 9.17) is 5.73 Å². The molecule has 0 spiro atoms. The maximum atomic E-state index is 12.2. The Bertz CT molecular complexity index is 427. The molecule has 1 aromatic carbocycles. The Morgan fingerprint density at radius 3 is 2.42 bits per heavy atom. The maximum Gasteiger partial charge on any atom is 0.244 e. The summed E-state index contributed by atoms with van der Waals surface area (Å²) in [7, 11) is 0. The number of hydrogen-bond donors (Lipinski definition) is 2. The first-order valence-corrected chi connectivity index (χ1v) is 6.57. The minimum Gasteiger partial charge on any atom is -0.354 e. The molecule has 1 amide bonds. The van der Waals surface area contributed by atoms with Crippen LogP contribution < -0.4 is 11.1 Å². The van der Waals surface area contributed by atoms with Gasteiger partial charge in [0.2, 0.25) is 5.91 Å². The van der Waals surface area contributed by atoms with Crippen LogP contribution >= 0.6 is 12.4 Å². The molecule has 0 bridgehead atoms. The van der Waals surface area contributed by atoms with Gasteiger partial charge in [-0.05, 0) is 30.7 Å². The van der Waals surface area contributed by atoms with E-state index >= 15 is 0 Å². The Labute approximate surface area is 121 Å². The molecular weight excluding hydrogens is 260 g/mol. The van der Waals surface area contributed by atoms with E-state index in [1.807, 2.05) is 30.3 Å². The first-order valence-electron chi connectivity index (χ1n) is 6.57. The third-order valence-corrected chi connectivity index (χ3v) is 4.08. The highest BCUT2D eigenvalue weighted by atomic mass is 35.5. The smallest absolute Gasteiger partial charge is 0.244 e. The van der Waals surface area contributed by atoms with Crippen LogP contribution in [-0.4, -0.2) is 12.5 Å². The zero-order chi connectivity index (χ0) is 13.2. The fourth-order valence-electron chi connectivity index (χ4n) is 2.35. The van der Waals surface area contributed by atoms with Gasteiger partial charge in [0.25, 0.3) is 0 Å². The minimum atomic E-state index is -0.957. The summed E-state index contributed by atoms with van der Waals surface area (Å²) in [5.41, 5.74) is 6.33. The van der Waals surface area contributed by atoms with E-state index in [0.717, 1.165) is 12.1 Å². The normalized spacial score (nSPS) is 19.5. The zero-order valence-electron chi connectivity index (χ0n) is 11.6. The molecule has 0 radical (unpaired) electrons. The van der Waals surface area contributed by atoms with E-state index in [-0.39, 0.29) is 23.7 Å². The fraction of sp³-hybridized carbons (Fsp3) is 0.533. The number of carbonyl (C=O) groups is 1. The summed E-state index contributed by atoms with van der Waals surface area (Å²) in [6.07, 6.45) is 3.66. The van der Waals surface area contributed by atoms with Crippen LogP contribution in [0.25, 0.3) is 0 Å². The average Bonchev–Trinajstić information content (AvgIpc) is 2.34. The van der Waals surface area contributed by atoms with Crippen LogP contribution in [0.1, 0.15) is 38.7 Å². The second-order valence-electron chi connectivity index (χ2n) is 5.92. The molecule has 1 atom stereocenters. The first kappa shape index (κ1) is 16.0. The van der Waals surface area contributed by atoms with Crippen LogP contribution in [0.3, 0.4) is 0 Å². The molecule has 0 saturated heterocycles. The number of amides is 1. The summed E-state index contributed by atoms with van der Waals surface area (Å²) in [5, 5.41) is 3.00. The van der Waals surface area contributed by atoms with E-state index in [0.29, 0.717) is 0 Å². The molecule has 1 unspecified atom stereocenters. The molecule has 1 aromatic rings. The molecule has 1 saturated carbocycles.